The van der Waals surface area contributed by atoms with E-state index in [0.717, 1.165) is 11.1 Å². The summed E-state index contributed by atoms with van der Waals surface area (Å²) < 4.78 is 13.1. The average molecular weight is 258 g/mol. The van der Waals surface area contributed by atoms with Crippen LogP contribution in [0.4, 0.5) is 4.39 Å². The molecule has 0 fully saturated rings. The predicted molar refractivity (Wildman–Crippen MR) is 68.7 cm³/mol. The Kier molecular flexibility index (Phi) is 4.47. The highest BCUT2D eigenvalue weighted by Gasteiger charge is 2.10. The fraction of sp³-hybridized carbons (Fsp3) is 0.167. The van der Waals surface area contributed by atoms with Gasteiger partial charge in [0.25, 0.3) is 0 Å². The van der Waals surface area contributed by atoms with Crippen molar-refractivity contribution in [1.82, 2.24) is 0 Å². The second kappa shape index (κ2) is 5.43. The zero-order valence-electron chi connectivity index (χ0n) is 8.81. The number of aryl methyl sites for hydroxylation is 1. The molecule has 0 saturated carbocycles. The van der Waals surface area contributed by atoms with Crippen LogP contribution in [0.15, 0.2) is 35.0 Å². The van der Waals surface area contributed by atoms with Gasteiger partial charge in [0.1, 0.15) is 5.82 Å². The van der Waals surface area contributed by atoms with E-state index in [1.807, 2.05) is 16.8 Å². The van der Waals surface area contributed by atoms with Crippen LogP contribution in [0.25, 0.3) is 0 Å². The third-order valence-electron chi connectivity index (χ3n) is 2.44. The minimum absolute atomic E-state index is 0. The van der Waals surface area contributed by atoms with Crippen LogP contribution in [-0.4, -0.2) is 0 Å². The topological polar surface area (TPSA) is 26.0 Å². The van der Waals surface area contributed by atoms with Gasteiger partial charge in [-0.25, -0.2) is 4.39 Å². The van der Waals surface area contributed by atoms with Crippen molar-refractivity contribution in [2.75, 3.05) is 0 Å². The first kappa shape index (κ1) is 13.2. The minimum atomic E-state index is -0.184. The lowest BCUT2D eigenvalue weighted by Gasteiger charge is -2.11. The van der Waals surface area contributed by atoms with Gasteiger partial charge in [0.05, 0.1) is 6.04 Å². The van der Waals surface area contributed by atoms with Gasteiger partial charge < -0.3 is 5.73 Å². The highest BCUT2D eigenvalue weighted by atomic mass is 35.5. The van der Waals surface area contributed by atoms with Crippen molar-refractivity contribution in [3.8, 4) is 0 Å². The van der Waals surface area contributed by atoms with Gasteiger partial charge in [-0.1, -0.05) is 12.1 Å². The second-order valence-electron chi connectivity index (χ2n) is 3.54. The van der Waals surface area contributed by atoms with Crippen LogP contribution in [0.5, 0.6) is 0 Å². The number of halogens is 2. The maximum absolute atomic E-state index is 13.1. The van der Waals surface area contributed by atoms with Gasteiger partial charge in [0.15, 0.2) is 0 Å². The maximum atomic E-state index is 13.1. The molecule has 1 atom stereocenters. The third kappa shape index (κ3) is 2.61. The average Bonchev–Trinajstić information content (AvgIpc) is 2.74. The Morgan fingerprint density at radius 1 is 1.25 bits per heavy atom. The fourth-order valence-electron chi connectivity index (χ4n) is 1.51. The summed E-state index contributed by atoms with van der Waals surface area (Å²) in [7, 11) is 0. The van der Waals surface area contributed by atoms with E-state index in [1.54, 1.807) is 30.4 Å². The number of benzene rings is 1. The summed E-state index contributed by atoms with van der Waals surface area (Å²) in [4.78, 5) is 0. The third-order valence-corrected chi connectivity index (χ3v) is 3.14. The van der Waals surface area contributed by atoms with Gasteiger partial charge in [0, 0.05) is 0 Å². The minimum Gasteiger partial charge on any atom is -0.320 e. The molecule has 0 aliphatic carbocycles. The van der Waals surface area contributed by atoms with E-state index in [4.69, 9.17) is 5.73 Å². The lowest BCUT2D eigenvalue weighted by molar-refractivity contribution is 0.617. The molecule has 2 rings (SSSR count). The summed E-state index contributed by atoms with van der Waals surface area (Å²) in [6.45, 7) is 1.75. The molecular formula is C12H13ClFNS. The summed E-state index contributed by atoms with van der Waals surface area (Å²) in [5.74, 6) is -0.184. The lowest BCUT2D eigenvalue weighted by Crippen LogP contribution is -2.11. The molecule has 0 aliphatic rings. The van der Waals surface area contributed by atoms with E-state index in [2.05, 4.69) is 0 Å². The number of thiophene rings is 1. The van der Waals surface area contributed by atoms with Crippen molar-refractivity contribution in [2.45, 2.75) is 13.0 Å². The fourth-order valence-corrected chi connectivity index (χ4v) is 2.20. The number of rotatable bonds is 2. The van der Waals surface area contributed by atoms with E-state index in [9.17, 15) is 4.39 Å². The van der Waals surface area contributed by atoms with Crippen LogP contribution in [0.1, 0.15) is 22.7 Å². The van der Waals surface area contributed by atoms with Crippen LogP contribution in [-0.2, 0) is 0 Å². The Labute approximate surface area is 105 Å². The van der Waals surface area contributed by atoms with Crippen molar-refractivity contribution in [3.05, 3.63) is 57.5 Å². The van der Waals surface area contributed by atoms with Gasteiger partial charge in [-0.2, -0.15) is 11.3 Å². The van der Waals surface area contributed by atoms with Crippen molar-refractivity contribution in [3.63, 3.8) is 0 Å². The van der Waals surface area contributed by atoms with Gasteiger partial charge >= 0.3 is 0 Å². The molecule has 2 N–H and O–H groups in total. The first-order valence-electron chi connectivity index (χ1n) is 4.72. The van der Waals surface area contributed by atoms with Gasteiger partial charge in [0.2, 0.25) is 0 Å². The molecule has 2 aromatic rings. The Hall–Kier alpha value is -0.900. The monoisotopic (exact) mass is 257 g/mol. The van der Waals surface area contributed by atoms with Crippen molar-refractivity contribution >= 4 is 23.7 Å². The van der Waals surface area contributed by atoms with E-state index in [0.29, 0.717) is 5.56 Å². The van der Waals surface area contributed by atoms with E-state index < -0.39 is 0 Å². The smallest absolute Gasteiger partial charge is 0.126 e. The van der Waals surface area contributed by atoms with Crippen LogP contribution < -0.4 is 5.73 Å². The van der Waals surface area contributed by atoms with Gasteiger partial charge in [-0.3, -0.25) is 0 Å². The molecule has 0 unspecified atom stereocenters. The van der Waals surface area contributed by atoms with Crippen LogP contribution in [0, 0.1) is 12.7 Å². The Morgan fingerprint density at radius 3 is 2.56 bits per heavy atom. The van der Waals surface area contributed by atoms with Crippen LogP contribution >= 0.6 is 23.7 Å². The quantitative estimate of drug-likeness (QED) is 0.873. The normalized spacial score (nSPS) is 11.9. The molecule has 1 aromatic carbocycles. The molecule has 86 valence electrons. The van der Waals surface area contributed by atoms with Crippen LogP contribution in [0.3, 0.4) is 0 Å². The molecule has 0 amide bonds. The van der Waals surface area contributed by atoms with Gasteiger partial charge in [-0.05, 0) is 46.5 Å². The summed E-state index contributed by atoms with van der Waals surface area (Å²) in [6, 6.07) is 6.85. The number of hydrogen-bond acceptors (Lipinski definition) is 2. The molecule has 16 heavy (non-hydrogen) atoms. The summed E-state index contributed by atoms with van der Waals surface area (Å²) in [5.41, 5.74) is 8.73. The maximum Gasteiger partial charge on any atom is 0.126 e. The van der Waals surface area contributed by atoms with Crippen molar-refractivity contribution in [1.29, 1.82) is 0 Å². The number of nitrogens with two attached hydrogens (primary N) is 1. The first-order valence-corrected chi connectivity index (χ1v) is 5.66. The lowest BCUT2D eigenvalue weighted by atomic mass is 10.0. The summed E-state index contributed by atoms with van der Waals surface area (Å²) in [5, 5.41) is 4.01. The summed E-state index contributed by atoms with van der Waals surface area (Å²) >= 11 is 1.62. The van der Waals surface area contributed by atoms with Crippen LogP contribution in [0.2, 0.25) is 0 Å². The largest absolute Gasteiger partial charge is 0.320 e. The molecule has 1 nitrogen and oxygen atoms in total. The molecule has 1 aromatic heterocycles. The Balaban J connectivity index is 0.00000128. The SMILES string of the molecule is Cc1cc([C@H](N)c2ccsc2)ccc1F.Cl. The standard InChI is InChI=1S/C12H12FNS.ClH/c1-8-6-9(2-3-11(8)13)12(14)10-4-5-15-7-10;/h2-7,12H,14H2,1H3;1H/t12-;/m0./s1. The Morgan fingerprint density at radius 2 is 2.00 bits per heavy atom. The Bertz CT molecular complexity index is 456. The molecule has 4 heteroatoms. The van der Waals surface area contributed by atoms with E-state index in [1.165, 1.54) is 6.07 Å². The first-order chi connectivity index (χ1) is 7.18. The molecule has 1 heterocycles. The van der Waals surface area contributed by atoms with Crippen molar-refractivity contribution < 1.29 is 4.39 Å². The second-order valence-corrected chi connectivity index (χ2v) is 4.32. The molecule has 0 aliphatic heterocycles. The molecule has 0 saturated heterocycles. The molecule has 0 radical (unpaired) electrons. The zero-order valence-corrected chi connectivity index (χ0v) is 10.4. The number of hydrogen-bond donors (Lipinski definition) is 1. The highest BCUT2D eigenvalue weighted by molar-refractivity contribution is 7.08. The molecule has 0 bridgehead atoms. The predicted octanol–water partition coefficient (Wildman–Crippen LogP) is 3.67. The molecular weight excluding hydrogens is 245 g/mol. The highest BCUT2D eigenvalue weighted by Crippen LogP contribution is 2.23. The van der Waals surface area contributed by atoms with Crippen molar-refractivity contribution in [2.24, 2.45) is 5.73 Å². The zero-order chi connectivity index (χ0) is 10.8. The summed E-state index contributed by atoms with van der Waals surface area (Å²) in [6.07, 6.45) is 0. The van der Waals surface area contributed by atoms with E-state index >= 15 is 0 Å². The van der Waals surface area contributed by atoms with E-state index in [-0.39, 0.29) is 24.3 Å². The van der Waals surface area contributed by atoms with Gasteiger partial charge in [-0.15, -0.1) is 12.4 Å². The molecule has 0 spiro atoms.